The van der Waals surface area contributed by atoms with Crippen molar-refractivity contribution < 1.29 is 14.3 Å². The van der Waals surface area contributed by atoms with Crippen LogP contribution in [0.5, 0.6) is 11.5 Å². The van der Waals surface area contributed by atoms with Crippen LogP contribution in [0, 0.1) is 6.92 Å². The topological polar surface area (TPSA) is 96.5 Å². The van der Waals surface area contributed by atoms with Crippen molar-refractivity contribution in [1.82, 2.24) is 20.2 Å². The summed E-state index contributed by atoms with van der Waals surface area (Å²) in [6.07, 6.45) is 0.405. The van der Waals surface area contributed by atoms with Crippen LogP contribution in [0.2, 0.25) is 0 Å². The number of hydrogen-bond acceptors (Lipinski definition) is 6. The molecule has 0 radical (unpaired) electrons. The van der Waals surface area contributed by atoms with Gasteiger partial charge in [-0.25, -0.2) is 9.78 Å². The van der Waals surface area contributed by atoms with Gasteiger partial charge in [-0.1, -0.05) is 0 Å². The highest BCUT2D eigenvalue weighted by Gasteiger charge is 2.25. The Morgan fingerprint density at radius 3 is 2.92 bits per heavy atom. The summed E-state index contributed by atoms with van der Waals surface area (Å²) in [5.41, 5.74) is 0.208. The van der Waals surface area contributed by atoms with Crippen LogP contribution in [-0.2, 0) is 0 Å². The van der Waals surface area contributed by atoms with E-state index < -0.39 is 6.09 Å². The van der Waals surface area contributed by atoms with E-state index in [1.165, 1.54) is 13.2 Å². The zero-order valence-electron chi connectivity index (χ0n) is 14.6. The summed E-state index contributed by atoms with van der Waals surface area (Å²) in [4.78, 5) is 33.3. The second kappa shape index (κ2) is 7.10. The van der Waals surface area contributed by atoms with Gasteiger partial charge in [0.05, 0.1) is 18.0 Å². The van der Waals surface area contributed by atoms with Crippen LogP contribution in [0.3, 0.4) is 0 Å². The SMILES string of the molecule is COc1cc2nc(C)[nH]c(=O)c2cc1OC(=O)N1CCCNCC1C. The number of aromatic nitrogens is 2. The standard InChI is InChI=1S/C17H22N4O4/c1-10-9-18-5-4-6-21(10)17(23)25-15-7-12-13(8-14(15)24-3)19-11(2)20-16(12)22/h7-8,10,18H,4-6,9H2,1-3H3,(H,19,20,22). The first-order valence-electron chi connectivity index (χ1n) is 8.27. The van der Waals surface area contributed by atoms with Crippen molar-refractivity contribution in [2.24, 2.45) is 0 Å². The molecule has 2 aromatic rings. The first-order chi connectivity index (χ1) is 12.0. The highest BCUT2D eigenvalue weighted by molar-refractivity contribution is 5.83. The molecule has 8 heteroatoms. The Kier molecular flexibility index (Phi) is 4.89. The summed E-state index contributed by atoms with van der Waals surface area (Å²) in [6, 6.07) is 3.13. The maximum atomic E-state index is 12.6. The molecule has 1 aliphatic heterocycles. The number of carbonyl (C=O) groups excluding carboxylic acids is 1. The van der Waals surface area contributed by atoms with Gasteiger partial charge < -0.3 is 24.7 Å². The Morgan fingerprint density at radius 1 is 1.36 bits per heavy atom. The van der Waals surface area contributed by atoms with Gasteiger partial charge in [0, 0.05) is 25.2 Å². The number of fused-ring (bicyclic) bond motifs is 1. The van der Waals surface area contributed by atoms with Crippen LogP contribution in [0.4, 0.5) is 4.79 Å². The summed E-state index contributed by atoms with van der Waals surface area (Å²) >= 11 is 0. The predicted molar refractivity (Wildman–Crippen MR) is 93.3 cm³/mol. The van der Waals surface area contributed by atoms with E-state index in [0.717, 1.165) is 13.0 Å². The Bertz CT molecular complexity index is 848. The van der Waals surface area contributed by atoms with E-state index in [1.807, 2.05) is 6.92 Å². The Balaban J connectivity index is 1.94. The quantitative estimate of drug-likeness (QED) is 0.854. The molecule has 2 heterocycles. The molecule has 1 aromatic heterocycles. The minimum absolute atomic E-state index is 0.0224. The number of amides is 1. The number of rotatable bonds is 2. The van der Waals surface area contributed by atoms with Crippen LogP contribution >= 0.6 is 0 Å². The number of aryl methyl sites for hydroxylation is 1. The number of benzene rings is 1. The lowest BCUT2D eigenvalue weighted by molar-refractivity contribution is 0.137. The number of aromatic amines is 1. The Morgan fingerprint density at radius 2 is 2.16 bits per heavy atom. The molecule has 1 aliphatic rings. The summed E-state index contributed by atoms with van der Waals surface area (Å²) in [6.45, 7) is 5.87. The minimum Gasteiger partial charge on any atom is -0.493 e. The van der Waals surface area contributed by atoms with E-state index in [9.17, 15) is 9.59 Å². The normalized spacial score (nSPS) is 18.0. The number of nitrogens with zero attached hydrogens (tertiary/aromatic N) is 2. The molecular weight excluding hydrogens is 324 g/mol. The third-order valence-electron chi connectivity index (χ3n) is 4.27. The van der Waals surface area contributed by atoms with E-state index in [1.54, 1.807) is 17.9 Å². The lowest BCUT2D eigenvalue weighted by Gasteiger charge is -2.26. The van der Waals surface area contributed by atoms with Crippen LogP contribution in [0.25, 0.3) is 10.9 Å². The third kappa shape index (κ3) is 3.58. The zero-order valence-corrected chi connectivity index (χ0v) is 14.6. The van der Waals surface area contributed by atoms with Crippen molar-refractivity contribution in [2.75, 3.05) is 26.7 Å². The molecule has 0 bridgehead atoms. The summed E-state index contributed by atoms with van der Waals surface area (Å²) in [5.74, 6) is 1.08. The molecule has 3 rings (SSSR count). The van der Waals surface area contributed by atoms with Crippen molar-refractivity contribution in [3.05, 3.63) is 28.3 Å². The van der Waals surface area contributed by atoms with Gasteiger partial charge in [-0.3, -0.25) is 4.79 Å². The fraction of sp³-hybridized carbons (Fsp3) is 0.471. The monoisotopic (exact) mass is 346 g/mol. The number of hydrogen-bond donors (Lipinski definition) is 2. The van der Waals surface area contributed by atoms with Crippen LogP contribution in [0.1, 0.15) is 19.2 Å². The zero-order chi connectivity index (χ0) is 18.0. The van der Waals surface area contributed by atoms with E-state index in [-0.39, 0.29) is 17.4 Å². The largest absolute Gasteiger partial charge is 0.493 e. The molecular formula is C17H22N4O4. The van der Waals surface area contributed by atoms with E-state index in [4.69, 9.17) is 9.47 Å². The molecule has 1 fully saturated rings. The van der Waals surface area contributed by atoms with Gasteiger partial charge in [0.15, 0.2) is 11.5 Å². The Labute approximate surface area is 145 Å². The first kappa shape index (κ1) is 17.2. The molecule has 1 unspecified atom stereocenters. The van der Waals surface area contributed by atoms with Gasteiger partial charge in [0.25, 0.3) is 5.56 Å². The highest BCUT2D eigenvalue weighted by atomic mass is 16.6. The second-order valence-corrected chi connectivity index (χ2v) is 6.14. The van der Waals surface area contributed by atoms with Crippen molar-refractivity contribution in [2.45, 2.75) is 26.3 Å². The molecule has 1 saturated heterocycles. The molecule has 1 aromatic carbocycles. The van der Waals surface area contributed by atoms with Gasteiger partial charge in [-0.15, -0.1) is 0 Å². The smallest absolute Gasteiger partial charge is 0.415 e. The number of nitrogens with one attached hydrogen (secondary N) is 2. The summed E-state index contributed by atoms with van der Waals surface area (Å²) in [5, 5.41) is 3.62. The first-order valence-corrected chi connectivity index (χ1v) is 8.27. The van der Waals surface area contributed by atoms with Gasteiger partial charge in [-0.2, -0.15) is 0 Å². The molecule has 0 spiro atoms. The molecule has 8 nitrogen and oxygen atoms in total. The lowest BCUT2D eigenvalue weighted by atomic mass is 10.2. The average Bonchev–Trinajstić information content (AvgIpc) is 2.79. The number of methoxy groups -OCH3 is 1. The fourth-order valence-corrected chi connectivity index (χ4v) is 2.94. The minimum atomic E-state index is -0.453. The Hall–Kier alpha value is -2.61. The maximum absolute atomic E-state index is 12.6. The summed E-state index contributed by atoms with van der Waals surface area (Å²) < 4.78 is 10.9. The van der Waals surface area contributed by atoms with Gasteiger partial charge in [0.2, 0.25) is 0 Å². The third-order valence-corrected chi connectivity index (χ3v) is 4.27. The van der Waals surface area contributed by atoms with Gasteiger partial charge in [-0.05, 0) is 32.9 Å². The number of H-pyrrole nitrogens is 1. The number of carbonyl (C=O) groups is 1. The molecule has 1 atom stereocenters. The number of ether oxygens (including phenoxy) is 2. The fourth-order valence-electron chi connectivity index (χ4n) is 2.94. The van der Waals surface area contributed by atoms with Crippen molar-refractivity contribution in [1.29, 1.82) is 0 Å². The lowest BCUT2D eigenvalue weighted by Crippen LogP contribution is -2.43. The summed E-state index contributed by atoms with van der Waals surface area (Å²) in [7, 11) is 1.48. The van der Waals surface area contributed by atoms with E-state index in [2.05, 4.69) is 15.3 Å². The molecule has 0 aliphatic carbocycles. The highest BCUT2D eigenvalue weighted by Crippen LogP contribution is 2.31. The predicted octanol–water partition coefficient (Wildman–Crippen LogP) is 1.42. The molecule has 2 N–H and O–H groups in total. The van der Waals surface area contributed by atoms with E-state index >= 15 is 0 Å². The second-order valence-electron chi connectivity index (χ2n) is 6.14. The molecule has 0 saturated carbocycles. The van der Waals surface area contributed by atoms with Crippen LogP contribution < -0.4 is 20.3 Å². The molecule has 1 amide bonds. The van der Waals surface area contributed by atoms with Gasteiger partial charge >= 0.3 is 6.09 Å². The maximum Gasteiger partial charge on any atom is 0.415 e. The van der Waals surface area contributed by atoms with Crippen molar-refractivity contribution in [3.8, 4) is 11.5 Å². The van der Waals surface area contributed by atoms with Crippen LogP contribution in [-0.4, -0.2) is 53.7 Å². The van der Waals surface area contributed by atoms with Crippen molar-refractivity contribution in [3.63, 3.8) is 0 Å². The van der Waals surface area contributed by atoms with E-state index in [0.29, 0.717) is 35.6 Å². The molecule has 134 valence electrons. The van der Waals surface area contributed by atoms with Gasteiger partial charge in [0.1, 0.15) is 5.82 Å². The molecule has 25 heavy (non-hydrogen) atoms. The van der Waals surface area contributed by atoms with Crippen molar-refractivity contribution >= 4 is 17.0 Å². The average molecular weight is 346 g/mol. The van der Waals surface area contributed by atoms with Crippen LogP contribution in [0.15, 0.2) is 16.9 Å².